The Hall–Kier alpha value is -2.41. The topological polar surface area (TPSA) is 68.7 Å². The zero-order valence-electron chi connectivity index (χ0n) is 14.0. The fourth-order valence-corrected chi connectivity index (χ4v) is 3.80. The van der Waals surface area contributed by atoms with E-state index in [1.807, 2.05) is 24.4 Å². The number of amides is 1. The lowest BCUT2D eigenvalue weighted by atomic mass is 10.2. The highest BCUT2D eigenvalue weighted by Crippen LogP contribution is 2.34. The summed E-state index contributed by atoms with van der Waals surface area (Å²) in [4.78, 5) is 31.8. The summed E-state index contributed by atoms with van der Waals surface area (Å²) < 4.78 is 10.5. The highest BCUT2D eigenvalue weighted by Gasteiger charge is 2.31. The van der Waals surface area contributed by atoms with Crippen LogP contribution < -0.4 is 4.74 Å². The van der Waals surface area contributed by atoms with Crippen LogP contribution in [0.3, 0.4) is 0 Å². The number of pyridine rings is 1. The second kappa shape index (κ2) is 8.11. The highest BCUT2D eigenvalue weighted by molar-refractivity contribution is 7.10. The molecule has 1 aliphatic heterocycles. The number of nitrogens with zero attached hydrogens (tertiary/aromatic N) is 2. The lowest BCUT2D eigenvalue weighted by Crippen LogP contribution is -2.34. The molecule has 0 bridgehead atoms. The molecule has 0 saturated carbocycles. The van der Waals surface area contributed by atoms with E-state index >= 15 is 0 Å². The van der Waals surface area contributed by atoms with Gasteiger partial charge in [0.05, 0.1) is 12.6 Å². The van der Waals surface area contributed by atoms with Crippen LogP contribution >= 0.6 is 11.3 Å². The molecule has 0 N–H and O–H groups in total. The second-order valence-electron chi connectivity index (χ2n) is 5.63. The zero-order chi connectivity index (χ0) is 17.6. The Balaban J connectivity index is 1.61. The first-order valence-electron chi connectivity index (χ1n) is 8.28. The molecule has 0 radical (unpaired) electrons. The number of hydrogen-bond acceptors (Lipinski definition) is 6. The van der Waals surface area contributed by atoms with Crippen LogP contribution in [0, 0.1) is 0 Å². The largest absolute Gasteiger partial charge is 0.477 e. The molecule has 1 saturated heterocycles. The molecule has 132 valence electrons. The lowest BCUT2D eigenvalue weighted by molar-refractivity contribution is -0.135. The van der Waals surface area contributed by atoms with Gasteiger partial charge in [-0.3, -0.25) is 4.79 Å². The normalized spacial score (nSPS) is 16.7. The number of rotatable bonds is 6. The molecule has 1 aliphatic rings. The standard InChI is InChI=1S/C18H20N2O4S/c1-2-23-17-13(6-3-9-19-17)18(22)24-12-16(21)20-10-4-7-14(20)15-8-5-11-25-15/h3,5-6,8-9,11,14H,2,4,7,10,12H2,1H3/t14-/m1/s1. The van der Waals surface area contributed by atoms with Gasteiger partial charge in [-0.1, -0.05) is 6.07 Å². The van der Waals surface area contributed by atoms with Crippen molar-refractivity contribution in [2.24, 2.45) is 0 Å². The third-order valence-corrected chi connectivity index (χ3v) is 5.02. The number of carbonyl (C=O) groups excluding carboxylic acids is 2. The minimum Gasteiger partial charge on any atom is -0.477 e. The predicted molar refractivity (Wildman–Crippen MR) is 93.7 cm³/mol. The molecule has 3 rings (SSSR count). The predicted octanol–water partition coefficient (Wildman–Crippen LogP) is 3.06. The van der Waals surface area contributed by atoms with Gasteiger partial charge < -0.3 is 14.4 Å². The molecule has 7 heteroatoms. The summed E-state index contributed by atoms with van der Waals surface area (Å²) >= 11 is 1.64. The van der Waals surface area contributed by atoms with Crippen LogP contribution in [-0.4, -0.2) is 41.5 Å². The number of hydrogen-bond donors (Lipinski definition) is 0. The SMILES string of the molecule is CCOc1ncccc1C(=O)OCC(=O)N1CCC[C@@H]1c1cccs1. The summed E-state index contributed by atoms with van der Waals surface area (Å²) in [6.45, 7) is 2.62. The van der Waals surface area contributed by atoms with Crippen molar-refractivity contribution in [3.05, 3.63) is 46.3 Å². The third-order valence-electron chi connectivity index (χ3n) is 4.04. The van der Waals surface area contributed by atoms with Gasteiger partial charge in [0, 0.05) is 17.6 Å². The van der Waals surface area contributed by atoms with Crippen LogP contribution in [0.25, 0.3) is 0 Å². The number of aromatic nitrogens is 1. The maximum absolute atomic E-state index is 12.5. The van der Waals surface area contributed by atoms with Gasteiger partial charge in [-0.2, -0.15) is 0 Å². The van der Waals surface area contributed by atoms with Crippen molar-refractivity contribution in [2.45, 2.75) is 25.8 Å². The molecule has 0 spiro atoms. The second-order valence-corrected chi connectivity index (χ2v) is 6.61. The van der Waals surface area contributed by atoms with Gasteiger partial charge in [-0.25, -0.2) is 9.78 Å². The van der Waals surface area contributed by atoms with Gasteiger partial charge >= 0.3 is 5.97 Å². The Morgan fingerprint density at radius 2 is 2.24 bits per heavy atom. The van der Waals surface area contributed by atoms with Crippen LogP contribution in [0.15, 0.2) is 35.8 Å². The van der Waals surface area contributed by atoms with Gasteiger partial charge in [0.15, 0.2) is 6.61 Å². The molecule has 1 atom stereocenters. The Morgan fingerprint density at radius 3 is 3.00 bits per heavy atom. The average Bonchev–Trinajstić information content (AvgIpc) is 3.31. The van der Waals surface area contributed by atoms with Gasteiger partial charge in [-0.05, 0) is 43.3 Å². The smallest absolute Gasteiger partial charge is 0.344 e. The minimum absolute atomic E-state index is 0.0866. The summed E-state index contributed by atoms with van der Waals surface area (Å²) in [7, 11) is 0. The number of carbonyl (C=O) groups is 2. The first kappa shape index (κ1) is 17.4. The van der Waals surface area contributed by atoms with Crippen LogP contribution in [0.1, 0.15) is 41.0 Å². The number of thiophene rings is 1. The van der Waals surface area contributed by atoms with E-state index in [9.17, 15) is 9.59 Å². The lowest BCUT2D eigenvalue weighted by Gasteiger charge is -2.23. The van der Waals surface area contributed by atoms with Gasteiger partial charge in [0.2, 0.25) is 5.88 Å². The van der Waals surface area contributed by atoms with Crippen molar-refractivity contribution < 1.29 is 19.1 Å². The fraction of sp³-hybridized carbons (Fsp3) is 0.389. The number of ether oxygens (including phenoxy) is 2. The van der Waals surface area contributed by atoms with E-state index in [-0.39, 0.29) is 30.0 Å². The average molecular weight is 360 g/mol. The van der Waals surface area contributed by atoms with E-state index in [2.05, 4.69) is 4.98 Å². The van der Waals surface area contributed by atoms with Crippen molar-refractivity contribution in [1.29, 1.82) is 0 Å². The van der Waals surface area contributed by atoms with E-state index < -0.39 is 5.97 Å². The first-order valence-corrected chi connectivity index (χ1v) is 9.16. The molecule has 2 aromatic rings. The molecular weight excluding hydrogens is 340 g/mol. The molecule has 3 heterocycles. The summed E-state index contributed by atoms with van der Waals surface area (Å²) in [5.41, 5.74) is 0.230. The van der Waals surface area contributed by atoms with E-state index in [1.54, 1.807) is 34.6 Å². The van der Waals surface area contributed by atoms with Crippen molar-refractivity contribution >= 4 is 23.2 Å². The Kier molecular flexibility index (Phi) is 5.65. The first-order chi connectivity index (χ1) is 12.2. The van der Waals surface area contributed by atoms with Gasteiger partial charge in [0.1, 0.15) is 5.56 Å². The molecule has 6 nitrogen and oxygen atoms in total. The minimum atomic E-state index is -0.600. The maximum Gasteiger partial charge on any atom is 0.344 e. The molecule has 25 heavy (non-hydrogen) atoms. The van der Waals surface area contributed by atoms with Crippen molar-refractivity contribution in [1.82, 2.24) is 9.88 Å². The van der Waals surface area contributed by atoms with Crippen LogP contribution in [0.5, 0.6) is 5.88 Å². The molecule has 0 aliphatic carbocycles. The van der Waals surface area contributed by atoms with E-state index in [0.29, 0.717) is 13.2 Å². The van der Waals surface area contributed by atoms with Crippen LogP contribution in [0.2, 0.25) is 0 Å². The van der Waals surface area contributed by atoms with Crippen molar-refractivity contribution in [3.8, 4) is 5.88 Å². The Labute approximate surface area is 150 Å². The number of esters is 1. The van der Waals surface area contributed by atoms with Crippen molar-refractivity contribution in [3.63, 3.8) is 0 Å². The quantitative estimate of drug-likeness (QED) is 0.741. The zero-order valence-corrected chi connectivity index (χ0v) is 14.8. The van der Waals surface area contributed by atoms with E-state index in [1.165, 1.54) is 4.88 Å². The summed E-state index contributed by atoms with van der Waals surface area (Å²) in [5.74, 6) is -0.553. The molecular formula is C18H20N2O4S. The van der Waals surface area contributed by atoms with Crippen molar-refractivity contribution in [2.75, 3.05) is 19.8 Å². The van der Waals surface area contributed by atoms with Crippen LogP contribution in [-0.2, 0) is 9.53 Å². The Morgan fingerprint density at radius 1 is 1.36 bits per heavy atom. The summed E-state index contributed by atoms with van der Waals surface area (Å²) in [6, 6.07) is 7.32. The molecule has 2 aromatic heterocycles. The highest BCUT2D eigenvalue weighted by atomic mass is 32.1. The Bertz CT molecular complexity index is 732. The van der Waals surface area contributed by atoms with Crippen LogP contribution in [0.4, 0.5) is 0 Å². The number of likely N-dealkylation sites (tertiary alicyclic amines) is 1. The fourth-order valence-electron chi connectivity index (χ4n) is 2.93. The third kappa shape index (κ3) is 3.99. The molecule has 1 amide bonds. The molecule has 0 unspecified atom stereocenters. The maximum atomic E-state index is 12.5. The molecule has 0 aromatic carbocycles. The van der Waals surface area contributed by atoms with Gasteiger partial charge in [-0.15, -0.1) is 11.3 Å². The van der Waals surface area contributed by atoms with Gasteiger partial charge in [0.25, 0.3) is 5.91 Å². The molecule has 1 fully saturated rings. The summed E-state index contributed by atoms with van der Waals surface area (Å²) in [6.07, 6.45) is 3.44. The monoisotopic (exact) mass is 360 g/mol. The van der Waals surface area contributed by atoms with E-state index in [4.69, 9.17) is 9.47 Å². The summed E-state index contributed by atoms with van der Waals surface area (Å²) in [5, 5.41) is 2.01. The van der Waals surface area contributed by atoms with E-state index in [0.717, 1.165) is 12.8 Å².